The number of aromatic nitrogens is 1. The normalized spacial score (nSPS) is 15.7. The molecule has 0 saturated heterocycles. The Bertz CT molecular complexity index is 2100. The molecule has 1 aliphatic carbocycles. The SMILES string of the molecule is O=c1/c(=C/c2ccc(OCc3ccc([N+](=O)[O-])cc3)c(Br)c2)sc2n1[C@H](c1ccccc1)C1=C(N=2)c2ccccc2CC1. The van der Waals surface area contributed by atoms with Crippen LogP contribution in [0, 0.1) is 10.1 Å². The van der Waals surface area contributed by atoms with Crippen molar-refractivity contribution in [2.75, 3.05) is 0 Å². The number of ether oxygens (including phenoxy) is 1. The molecule has 1 atom stereocenters. The summed E-state index contributed by atoms with van der Waals surface area (Å²) in [6.45, 7) is 0.266. The van der Waals surface area contributed by atoms with Gasteiger partial charge in [0, 0.05) is 17.7 Å². The minimum atomic E-state index is -0.425. The summed E-state index contributed by atoms with van der Waals surface area (Å²) in [5.74, 6) is 0.632. The first-order valence-electron chi connectivity index (χ1n) is 13.8. The molecule has 2 heterocycles. The Hall–Kier alpha value is -4.60. The lowest BCUT2D eigenvalue weighted by molar-refractivity contribution is -0.384. The number of allylic oxidation sites excluding steroid dienone is 1. The van der Waals surface area contributed by atoms with E-state index in [4.69, 9.17) is 9.73 Å². The zero-order valence-electron chi connectivity index (χ0n) is 22.8. The number of hydrogen-bond donors (Lipinski definition) is 0. The standard InChI is InChI=1S/C34H24BrN3O4S/c35-28-18-22(12-17-29(28)42-20-21-10-14-25(15-11-21)38(40)41)19-30-33(39)37-32(24-7-2-1-3-8-24)27-16-13-23-6-4-5-9-26(23)31(27)36-34(37)43-30/h1-12,14-15,17-19,32H,13,16,20H2/b30-19-/t32-/m1/s1. The second-order valence-corrected chi connectivity index (χ2v) is 12.3. The molecule has 0 fully saturated rings. The van der Waals surface area contributed by atoms with Crippen molar-refractivity contribution in [3.8, 4) is 5.75 Å². The van der Waals surface area contributed by atoms with E-state index in [2.05, 4.69) is 46.3 Å². The molecule has 43 heavy (non-hydrogen) atoms. The summed E-state index contributed by atoms with van der Waals surface area (Å²) in [4.78, 5) is 30.2. The van der Waals surface area contributed by atoms with E-state index in [1.165, 1.54) is 34.6 Å². The highest BCUT2D eigenvalue weighted by Crippen LogP contribution is 2.41. The van der Waals surface area contributed by atoms with E-state index in [9.17, 15) is 14.9 Å². The fourth-order valence-corrected chi connectivity index (χ4v) is 7.22. The van der Waals surface area contributed by atoms with Crippen LogP contribution in [0.4, 0.5) is 5.69 Å². The number of aryl methyl sites for hydroxylation is 1. The molecule has 212 valence electrons. The molecule has 0 amide bonds. The van der Waals surface area contributed by atoms with Gasteiger partial charge in [-0.3, -0.25) is 19.5 Å². The quantitative estimate of drug-likeness (QED) is 0.154. The number of rotatable bonds is 6. The maximum absolute atomic E-state index is 14.0. The average molecular weight is 651 g/mol. The Morgan fingerprint density at radius 1 is 1.00 bits per heavy atom. The maximum atomic E-state index is 14.0. The van der Waals surface area contributed by atoms with Gasteiger partial charge in [-0.25, -0.2) is 4.99 Å². The van der Waals surface area contributed by atoms with Gasteiger partial charge in [0.25, 0.3) is 11.2 Å². The van der Waals surface area contributed by atoms with Crippen LogP contribution < -0.4 is 19.6 Å². The Balaban J connectivity index is 1.24. The molecule has 7 nitrogen and oxygen atoms in total. The molecule has 1 aliphatic heterocycles. The number of non-ortho nitro benzene ring substituents is 1. The van der Waals surface area contributed by atoms with Gasteiger partial charge in [-0.05, 0) is 86.9 Å². The summed E-state index contributed by atoms with van der Waals surface area (Å²) in [5, 5.41) is 10.9. The molecule has 0 bridgehead atoms. The van der Waals surface area contributed by atoms with E-state index in [0.29, 0.717) is 15.1 Å². The Morgan fingerprint density at radius 3 is 2.53 bits per heavy atom. The topological polar surface area (TPSA) is 86.7 Å². The van der Waals surface area contributed by atoms with Crippen molar-refractivity contribution in [3.05, 3.63) is 165 Å². The molecule has 0 unspecified atom stereocenters. The lowest BCUT2D eigenvalue weighted by Crippen LogP contribution is -2.38. The van der Waals surface area contributed by atoms with Crippen LogP contribution in [0.15, 0.2) is 117 Å². The highest BCUT2D eigenvalue weighted by molar-refractivity contribution is 9.10. The highest BCUT2D eigenvalue weighted by Gasteiger charge is 2.32. The smallest absolute Gasteiger partial charge is 0.271 e. The van der Waals surface area contributed by atoms with Gasteiger partial charge in [0.2, 0.25) is 0 Å². The van der Waals surface area contributed by atoms with Gasteiger partial charge in [0.1, 0.15) is 12.4 Å². The summed E-state index contributed by atoms with van der Waals surface area (Å²) < 4.78 is 9.16. The Labute approximate surface area is 259 Å². The van der Waals surface area contributed by atoms with Gasteiger partial charge in [-0.15, -0.1) is 0 Å². The third-order valence-corrected chi connectivity index (χ3v) is 9.39. The predicted molar refractivity (Wildman–Crippen MR) is 171 cm³/mol. The predicted octanol–water partition coefficient (Wildman–Crippen LogP) is 6.57. The molecule has 1 aromatic heterocycles. The summed E-state index contributed by atoms with van der Waals surface area (Å²) in [5.41, 5.74) is 7.34. The van der Waals surface area contributed by atoms with Gasteiger partial charge < -0.3 is 4.74 Å². The number of hydrogen-bond acceptors (Lipinski definition) is 6. The molecule has 0 radical (unpaired) electrons. The number of nitro groups is 1. The number of halogens is 1. The molecule has 0 N–H and O–H groups in total. The van der Waals surface area contributed by atoms with Crippen LogP contribution in [0.2, 0.25) is 0 Å². The molecular weight excluding hydrogens is 626 g/mol. The first-order chi connectivity index (χ1) is 21.0. The van der Waals surface area contributed by atoms with E-state index >= 15 is 0 Å². The minimum absolute atomic E-state index is 0.0413. The number of thiazole rings is 1. The zero-order valence-corrected chi connectivity index (χ0v) is 25.2. The summed E-state index contributed by atoms with van der Waals surface area (Å²) in [7, 11) is 0. The van der Waals surface area contributed by atoms with Crippen molar-refractivity contribution < 1.29 is 9.66 Å². The molecule has 0 saturated carbocycles. The van der Waals surface area contributed by atoms with Gasteiger partial charge in [-0.1, -0.05) is 72.0 Å². The molecule has 5 aromatic rings. The number of benzene rings is 4. The second kappa shape index (κ2) is 11.2. The Kier molecular flexibility index (Phi) is 7.12. The van der Waals surface area contributed by atoms with Crippen molar-refractivity contribution in [2.24, 2.45) is 4.99 Å². The van der Waals surface area contributed by atoms with Crippen LogP contribution in [-0.4, -0.2) is 9.49 Å². The average Bonchev–Trinajstić information content (AvgIpc) is 3.34. The fraction of sp³-hybridized carbons (Fsp3) is 0.118. The number of fused-ring (bicyclic) bond motifs is 3. The van der Waals surface area contributed by atoms with Crippen LogP contribution in [0.1, 0.15) is 40.3 Å². The van der Waals surface area contributed by atoms with Gasteiger partial charge >= 0.3 is 0 Å². The van der Waals surface area contributed by atoms with Gasteiger partial charge in [-0.2, -0.15) is 0 Å². The number of nitrogens with zero attached hydrogens (tertiary/aromatic N) is 3. The van der Waals surface area contributed by atoms with E-state index < -0.39 is 4.92 Å². The summed E-state index contributed by atoms with van der Waals surface area (Å²) in [6, 6.07) is 30.4. The van der Waals surface area contributed by atoms with Crippen LogP contribution in [0.5, 0.6) is 5.75 Å². The van der Waals surface area contributed by atoms with Crippen LogP contribution >= 0.6 is 27.3 Å². The van der Waals surface area contributed by atoms with Crippen molar-refractivity contribution in [2.45, 2.75) is 25.5 Å². The summed E-state index contributed by atoms with van der Waals surface area (Å²) >= 11 is 5.00. The maximum Gasteiger partial charge on any atom is 0.271 e. The monoisotopic (exact) mass is 649 g/mol. The molecule has 9 heteroatoms. The van der Waals surface area contributed by atoms with Crippen molar-refractivity contribution in [1.82, 2.24) is 4.57 Å². The molecule has 4 aromatic carbocycles. The highest BCUT2D eigenvalue weighted by atomic mass is 79.9. The van der Waals surface area contributed by atoms with E-state index in [-0.39, 0.29) is 23.9 Å². The third kappa shape index (κ3) is 5.15. The fourth-order valence-electron chi connectivity index (χ4n) is 5.71. The van der Waals surface area contributed by atoms with Gasteiger partial charge in [0.05, 0.1) is 25.7 Å². The lowest BCUT2D eigenvalue weighted by Gasteiger charge is -2.30. The largest absolute Gasteiger partial charge is 0.488 e. The zero-order chi connectivity index (χ0) is 29.5. The molecule has 7 rings (SSSR count). The molecule has 0 spiro atoms. The van der Waals surface area contributed by atoms with Crippen LogP contribution in [0.25, 0.3) is 11.8 Å². The Morgan fingerprint density at radius 2 is 1.77 bits per heavy atom. The number of nitro benzene ring substituents is 1. The lowest BCUT2D eigenvalue weighted by atomic mass is 9.83. The molecule has 2 aliphatic rings. The second-order valence-electron chi connectivity index (χ2n) is 10.4. The van der Waals surface area contributed by atoms with Crippen LogP contribution in [-0.2, 0) is 13.0 Å². The molecular formula is C34H24BrN3O4S. The minimum Gasteiger partial charge on any atom is -0.488 e. The van der Waals surface area contributed by atoms with E-state index in [0.717, 1.165) is 45.3 Å². The first-order valence-corrected chi connectivity index (χ1v) is 15.4. The van der Waals surface area contributed by atoms with Crippen molar-refractivity contribution in [1.29, 1.82) is 0 Å². The van der Waals surface area contributed by atoms with Crippen molar-refractivity contribution >= 4 is 44.7 Å². The van der Waals surface area contributed by atoms with Gasteiger partial charge in [0.15, 0.2) is 4.80 Å². The van der Waals surface area contributed by atoms with Crippen LogP contribution in [0.3, 0.4) is 0 Å². The first kappa shape index (κ1) is 27.2. The van der Waals surface area contributed by atoms with E-state index in [1.54, 1.807) is 12.1 Å². The van der Waals surface area contributed by atoms with E-state index in [1.807, 2.05) is 53.1 Å². The third-order valence-electron chi connectivity index (χ3n) is 7.78. The van der Waals surface area contributed by atoms with Crippen molar-refractivity contribution in [3.63, 3.8) is 0 Å². The summed E-state index contributed by atoms with van der Waals surface area (Å²) in [6.07, 6.45) is 3.67.